The van der Waals surface area contributed by atoms with E-state index in [-0.39, 0.29) is 24.8 Å². The molecular weight excluding hydrogens is 348 g/mol. The topological polar surface area (TPSA) is 67.9 Å². The summed E-state index contributed by atoms with van der Waals surface area (Å²) >= 11 is 6.42. The number of thioether (sulfide) groups is 1. The van der Waals surface area contributed by atoms with Crippen LogP contribution in [0, 0.1) is 0 Å². The number of ether oxygens (including phenoxy) is 2. The molecule has 1 N–H and O–H groups in total. The molecule has 0 spiro atoms. The van der Waals surface area contributed by atoms with E-state index in [1.807, 2.05) is 24.3 Å². The number of hydrogen-bond donors (Lipinski definition) is 1. The molecule has 1 heterocycles. The number of hydrogen-bond acceptors (Lipinski definition) is 7. The van der Waals surface area contributed by atoms with Gasteiger partial charge in [-0.15, -0.1) is 0 Å². The minimum atomic E-state index is -0.316. The minimum absolute atomic E-state index is 0.169. The molecule has 1 aromatic rings. The molecule has 8 heteroatoms. The normalized spacial score (nSPS) is 15.9. The summed E-state index contributed by atoms with van der Waals surface area (Å²) < 4.78 is 10.3. The summed E-state index contributed by atoms with van der Waals surface area (Å²) in [6.45, 7) is 2.36. The summed E-state index contributed by atoms with van der Waals surface area (Å²) in [4.78, 5) is 24.2. The van der Waals surface area contributed by atoms with Crippen LogP contribution in [0.4, 0.5) is 0 Å². The van der Waals surface area contributed by atoms with Gasteiger partial charge < -0.3 is 9.47 Å². The largest absolute Gasteiger partial charge is 0.497 e. The van der Waals surface area contributed by atoms with Crippen molar-refractivity contribution in [3.05, 3.63) is 34.7 Å². The van der Waals surface area contributed by atoms with E-state index in [0.717, 1.165) is 11.3 Å². The standard InChI is InChI=1S/C16H18N2O4S2/c1-3-22-14(19)8-9-17-18-15(20)13(24-16(18)23)10-11-4-6-12(21-2)7-5-11/h4-7,10,17H,3,8-9H2,1-2H3/b13-10+. The first kappa shape index (κ1) is 18.4. The summed E-state index contributed by atoms with van der Waals surface area (Å²) in [5.74, 6) is 0.203. The van der Waals surface area contributed by atoms with E-state index in [9.17, 15) is 9.59 Å². The van der Waals surface area contributed by atoms with Crippen molar-refractivity contribution in [1.29, 1.82) is 0 Å². The number of nitrogens with one attached hydrogen (secondary N) is 1. The lowest BCUT2D eigenvalue weighted by Crippen LogP contribution is -2.42. The number of carbonyl (C=O) groups excluding carboxylic acids is 2. The van der Waals surface area contributed by atoms with Gasteiger partial charge in [0.1, 0.15) is 5.75 Å². The molecule has 1 aromatic carbocycles. The van der Waals surface area contributed by atoms with Crippen LogP contribution in [0.1, 0.15) is 18.9 Å². The number of amides is 1. The fraction of sp³-hybridized carbons (Fsp3) is 0.312. The second-order valence-corrected chi connectivity index (χ2v) is 6.43. The number of hydrazine groups is 1. The van der Waals surface area contributed by atoms with E-state index in [1.165, 1.54) is 16.8 Å². The van der Waals surface area contributed by atoms with Gasteiger partial charge in [-0.1, -0.05) is 36.1 Å². The molecule has 0 aromatic heterocycles. The second-order valence-electron chi connectivity index (χ2n) is 4.75. The van der Waals surface area contributed by atoms with Gasteiger partial charge in [-0.25, -0.2) is 10.4 Å². The van der Waals surface area contributed by atoms with Crippen LogP contribution < -0.4 is 10.2 Å². The molecule has 6 nitrogen and oxygen atoms in total. The number of rotatable bonds is 7. The Labute approximate surface area is 150 Å². The Hall–Kier alpha value is -1.90. The lowest BCUT2D eigenvalue weighted by molar-refractivity contribution is -0.143. The third-order valence-electron chi connectivity index (χ3n) is 3.11. The number of carbonyl (C=O) groups is 2. The van der Waals surface area contributed by atoms with Crippen LogP contribution >= 0.6 is 24.0 Å². The average Bonchev–Trinajstić information content (AvgIpc) is 2.83. The molecular formula is C16H18N2O4S2. The third kappa shape index (κ3) is 4.80. The van der Waals surface area contributed by atoms with Gasteiger partial charge in [0.25, 0.3) is 5.91 Å². The zero-order valence-electron chi connectivity index (χ0n) is 13.4. The van der Waals surface area contributed by atoms with Crippen LogP contribution in [0.15, 0.2) is 29.2 Å². The lowest BCUT2D eigenvalue weighted by Gasteiger charge is -2.15. The van der Waals surface area contributed by atoms with Crippen LogP contribution in [0.25, 0.3) is 6.08 Å². The van der Waals surface area contributed by atoms with E-state index in [0.29, 0.717) is 15.8 Å². The molecule has 0 aliphatic carbocycles. The van der Waals surface area contributed by atoms with Crippen molar-refractivity contribution in [2.45, 2.75) is 13.3 Å². The van der Waals surface area contributed by atoms with E-state index in [1.54, 1.807) is 20.1 Å². The molecule has 1 saturated heterocycles. The predicted octanol–water partition coefficient (Wildman–Crippen LogP) is 2.35. The summed E-state index contributed by atoms with van der Waals surface area (Å²) in [5.41, 5.74) is 3.74. The van der Waals surface area contributed by atoms with Crippen LogP contribution in [0.3, 0.4) is 0 Å². The van der Waals surface area contributed by atoms with Gasteiger partial charge in [0.05, 0.1) is 25.0 Å². The van der Waals surface area contributed by atoms with Gasteiger partial charge in [-0.05, 0) is 30.7 Å². The lowest BCUT2D eigenvalue weighted by atomic mass is 10.2. The van der Waals surface area contributed by atoms with E-state index in [2.05, 4.69) is 5.43 Å². The number of benzene rings is 1. The van der Waals surface area contributed by atoms with Crippen molar-refractivity contribution in [2.75, 3.05) is 20.3 Å². The highest BCUT2D eigenvalue weighted by molar-refractivity contribution is 8.26. The van der Waals surface area contributed by atoms with Crippen molar-refractivity contribution < 1.29 is 19.1 Å². The van der Waals surface area contributed by atoms with Gasteiger partial charge in [0.15, 0.2) is 4.32 Å². The van der Waals surface area contributed by atoms with E-state index >= 15 is 0 Å². The quantitative estimate of drug-likeness (QED) is 0.451. The zero-order chi connectivity index (χ0) is 17.5. The van der Waals surface area contributed by atoms with Crippen molar-refractivity contribution in [3.63, 3.8) is 0 Å². The number of thiocarbonyl (C=S) groups is 1. The molecule has 1 aliphatic rings. The zero-order valence-corrected chi connectivity index (χ0v) is 15.0. The van der Waals surface area contributed by atoms with Gasteiger partial charge in [-0.2, -0.15) is 0 Å². The molecule has 1 amide bonds. The first-order valence-electron chi connectivity index (χ1n) is 7.36. The van der Waals surface area contributed by atoms with Gasteiger partial charge in [0.2, 0.25) is 0 Å². The van der Waals surface area contributed by atoms with Crippen LogP contribution in [-0.2, 0) is 14.3 Å². The summed E-state index contributed by atoms with van der Waals surface area (Å²) in [6.07, 6.45) is 1.94. The molecule has 0 unspecified atom stereocenters. The van der Waals surface area contributed by atoms with Crippen LogP contribution in [0.5, 0.6) is 5.75 Å². The summed E-state index contributed by atoms with van der Waals surface area (Å²) in [5, 5.41) is 1.29. The SMILES string of the molecule is CCOC(=O)CCNN1C(=O)/C(=C\c2ccc(OC)cc2)SC1=S. The van der Waals surface area contributed by atoms with Crippen molar-refractivity contribution in [2.24, 2.45) is 0 Å². The van der Waals surface area contributed by atoms with Crippen LogP contribution in [-0.4, -0.2) is 41.5 Å². The smallest absolute Gasteiger partial charge is 0.307 e. The fourth-order valence-corrected chi connectivity index (χ4v) is 3.18. The Morgan fingerprint density at radius 2 is 2.08 bits per heavy atom. The monoisotopic (exact) mass is 366 g/mol. The fourth-order valence-electron chi connectivity index (χ4n) is 1.96. The maximum atomic E-state index is 12.4. The van der Waals surface area contributed by atoms with Gasteiger partial charge in [0, 0.05) is 6.54 Å². The Bertz CT molecular complexity index is 659. The Morgan fingerprint density at radius 1 is 1.38 bits per heavy atom. The molecule has 1 aliphatic heterocycles. The molecule has 0 saturated carbocycles. The molecule has 0 radical (unpaired) electrons. The molecule has 1 fully saturated rings. The molecule has 0 atom stereocenters. The highest BCUT2D eigenvalue weighted by Crippen LogP contribution is 2.31. The summed E-state index contributed by atoms with van der Waals surface area (Å²) in [7, 11) is 1.60. The van der Waals surface area contributed by atoms with Crippen molar-refractivity contribution in [3.8, 4) is 5.75 Å². The highest BCUT2D eigenvalue weighted by Gasteiger charge is 2.32. The van der Waals surface area contributed by atoms with Crippen LogP contribution in [0.2, 0.25) is 0 Å². The maximum absolute atomic E-state index is 12.4. The van der Waals surface area contributed by atoms with E-state index in [4.69, 9.17) is 21.7 Å². The average molecular weight is 366 g/mol. The third-order valence-corrected chi connectivity index (χ3v) is 4.41. The van der Waals surface area contributed by atoms with E-state index < -0.39 is 0 Å². The maximum Gasteiger partial charge on any atom is 0.307 e. The first-order valence-corrected chi connectivity index (χ1v) is 8.58. The second kappa shape index (κ2) is 8.81. The first-order chi connectivity index (χ1) is 11.5. The molecule has 128 valence electrons. The Kier molecular flexibility index (Phi) is 6.77. The van der Waals surface area contributed by atoms with Crippen molar-refractivity contribution >= 4 is 46.3 Å². The van der Waals surface area contributed by atoms with Gasteiger partial charge in [-0.3, -0.25) is 9.59 Å². The number of methoxy groups -OCH3 is 1. The molecule has 0 bridgehead atoms. The van der Waals surface area contributed by atoms with Gasteiger partial charge >= 0.3 is 5.97 Å². The Morgan fingerprint density at radius 3 is 2.71 bits per heavy atom. The molecule has 2 rings (SSSR count). The Balaban J connectivity index is 1.97. The van der Waals surface area contributed by atoms with Crippen molar-refractivity contribution in [1.82, 2.24) is 10.4 Å². The predicted molar refractivity (Wildman–Crippen MR) is 97.3 cm³/mol. The number of nitrogens with zero attached hydrogens (tertiary/aromatic N) is 1. The summed E-state index contributed by atoms with van der Waals surface area (Å²) in [6, 6.07) is 7.37. The number of esters is 1. The molecule has 24 heavy (non-hydrogen) atoms. The highest BCUT2D eigenvalue weighted by atomic mass is 32.2. The minimum Gasteiger partial charge on any atom is -0.497 e.